The molecule has 1 unspecified atom stereocenters. The van der Waals surface area contributed by atoms with E-state index < -0.39 is 30.4 Å². The topological polar surface area (TPSA) is 81.7 Å². The van der Waals surface area contributed by atoms with Crippen LogP contribution in [-0.2, 0) is 19.1 Å². The number of hydrogen-bond acceptors (Lipinski definition) is 5. The fourth-order valence-electron chi connectivity index (χ4n) is 2.65. The Morgan fingerprint density at radius 3 is 2.41 bits per heavy atom. The molecule has 0 saturated heterocycles. The van der Waals surface area contributed by atoms with Gasteiger partial charge < -0.3 is 14.8 Å². The zero-order chi connectivity index (χ0) is 19.8. The molecule has 6 nitrogen and oxygen atoms in total. The summed E-state index contributed by atoms with van der Waals surface area (Å²) in [5.74, 6) is -1.83. The predicted octanol–water partition coefficient (Wildman–Crippen LogP) is 3.46. The lowest BCUT2D eigenvalue weighted by Gasteiger charge is -2.15. The van der Waals surface area contributed by atoms with Gasteiger partial charge in [-0.25, -0.2) is 4.79 Å². The molecule has 0 fully saturated rings. The van der Waals surface area contributed by atoms with Crippen LogP contribution in [0, 0.1) is 6.92 Å². The Kier molecular flexibility index (Phi) is 7.11. The molecule has 27 heavy (non-hydrogen) atoms. The lowest BCUT2D eigenvalue weighted by molar-refractivity contribution is -0.149. The van der Waals surface area contributed by atoms with E-state index in [4.69, 9.17) is 4.74 Å². The number of rotatable bonds is 7. The van der Waals surface area contributed by atoms with Crippen LogP contribution in [-0.4, -0.2) is 31.6 Å². The third-order valence-electron chi connectivity index (χ3n) is 4.17. The molecule has 0 saturated carbocycles. The van der Waals surface area contributed by atoms with Crippen molar-refractivity contribution < 1.29 is 23.9 Å². The summed E-state index contributed by atoms with van der Waals surface area (Å²) in [4.78, 5) is 36.1. The van der Waals surface area contributed by atoms with Crippen molar-refractivity contribution in [2.75, 3.05) is 19.0 Å². The largest absolute Gasteiger partial charge is 0.465 e. The smallest absolute Gasteiger partial charge is 0.337 e. The summed E-state index contributed by atoms with van der Waals surface area (Å²) in [7, 11) is 1.29. The molecule has 2 aromatic carbocycles. The van der Waals surface area contributed by atoms with Crippen LogP contribution in [0.5, 0.6) is 0 Å². The maximum Gasteiger partial charge on any atom is 0.337 e. The average molecular weight is 369 g/mol. The Morgan fingerprint density at radius 2 is 1.78 bits per heavy atom. The minimum atomic E-state index is -0.495. The highest BCUT2D eigenvalue weighted by Gasteiger charge is 2.21. The highest BCUT2D eigenvalue weighted by Crippen LogP contribution is 2.21. The van der Waals surface area contributed by atoms with E-state index in [0.29, 0.717) is 17.7 Å². The van der Waals surface area contributed by atoms with E-state index in [1.807, 2.05) is 37.3 Å². The van der Waals surface area contributed by atoms with Crippen LogP contribution in [0.3, 0.4) is 0 Å². The molecule has 6 heteroatoms. The van der Waals surface area contributed by atoms with Crippen LogP contribution in [0.25, 0.3) is 0 Å². The van der Waals surface area contributed by atoms with Gasteiger partial charge in [-0.3, -0.25) is 9.59 Å². The molecule has 0 spiro atoms. The summed E-state index contributed by atoms with van der Waals surface area (Å²) in [6.45, 7) is 3.29. The van der Waals surface area contributed by atoms with Gasteiger partial charge in [0, 0.05) is 5.69 Å². The standard InChI is InChI=1S/C21H23NO5/c1-4-17(15-8-6-5-7-9-15)21(25)27-13-19(23)22-18-12-16(20(24)26-3)11-10-14(18)2/h5-12,17H,4,13H2,1-3H3,(H,22,23). The van der Waals surface area contributed by atoms with E-state index >= 15 is 0 Å². The number of anilines is 1. The van der Waals surface area contributed by atoms with Gasteiger partial charge >= 0.3 is 11.9 Å². The Labute approximate surface area is 158 Å². The maximum absolute atomic E-state index is 12.3. The molecule has 0 aliphatic rings. The van der Waals surface area contributed by atoms with Gasteiger partial charge in [0.1, 0.15) is 0 Å². The number of methoxy groups -OCH3 is 1. The van der Waals surface area contributed by atoms with E-state index in [-0.39, 0.29) is 0 Å². The first kappa shape index (κ1) is 20.2. The fourth-order valence-corrected chi connectivity index (χ4v) is 2.65. The van der Waals surface area contributed by atoms with E-state index in [0.717, 1.165) is 11.1 Å². The molecule has 1 amide bonds. The van der Waals surface area contributed by atoms with Crippen molar-refractivity contribution in [3.05, 3.63) is 65.2 Å². The predicted molar refractivity (Wildman–Crippen MR) is 102 cm³/mol. The molecule has 0 heterocycles. The molecule has 0 bridgehead atoms. The highest BCUT2D eigenvalue weighted by atomic mass is 16.5. The Balaban J connectivity index is 1.98. The first-order valence-corrected chi connectivity index (χ1v) is 8.66. The van der Waals surface area contributed by atoms with Crippen LogP contribution >= 0.6 is 0 Å². The van der Waals surface area contributed by atoms with Crippen molar-refractivity contribution in [1.82, 2.24) is 0 Å². The molecule has 0 aromatic heterocycles. The van der Waals surface area contributed by atoms with Crippen molar-refractivity contribution >= 4 is 23.5 Å². The van der Waals surface area contributed by atoms with Crippen molar-refractivity contribution in [3.63, 3.8) is 0 Å². The molecule has 2 aromatic rings. The number of ether oxygens (including phenoxy) is 2. The van der Waals surface area contributed by atoms with Gasteiger partial charge in [0.2, 0.25) is 0 Å². The molecule has 142 valence electrons. The van der Waals surface area contributed by atoms with Gasteiger partial charge in [0.05, 0.1) is 18.6 Å². The zero-order valence-electron chi connectivity index (χ0n) is 15.7. The average Bonchev–Trinajstić information content (AvgIpc) is 2.69. The fraction of sp³-hybridized carbons (Fsp3) is 0.286. The van der Waals surface area contributed by atoms with E-state index in [2.05, 4.69) is 10.1 Å². The molecule has 2 rings (SSSR count). The van der Waals surface area contributed by atoms with E-state index in [1.54, 1.807) is 19.1 Å². The van der Waals surface area contributed by atoms with E-state index in [9.17, 15) is 14.4 Å². The summed E-state index contributed by atoms with van der Waals surface area (Å²) in [6, 6.07) is 14.1. The molecular weight excluding hydrogens is 346 g/mol. The quantitative estimate of drug-likeness (QED) is 0.756. The van der Waals surface area contributed by atoms with Crippen molar-refractivity contribution in [2.45, 2.75) is 26.2 Å². The molecule has 1 atom stereocenters. The van der Waals surface area contributed by atoms with Crippen LogP contribution in [0.4, 0.5) is 5.69 Å². The monoisotopic (exact) mass is 369 g/mol. The van der Waals surface area contributed by atoms with Gasteiger partial charge in [-0.15, -0.1) is 0 Å². The summed E-state index contributed by atoms with van der Waals surface area (Å²) in [5.41, 5.74) is 2.42. The molecule has 0 aliphatic carbocycles. The Bertz CT molecular complexity index is 817. The third-order valence-corrected chi connectivity index (χ3v) is 4.17. The maximum atomic E-state index is 12.3. The first-order valence-electron chi connectivity index (χ1n) is 8.66. The van der Waals surface area contributed by atoms with Crippen LogP contribution < -0.4 is 5.32 Å². The second-order valence-corrected chi connectivity index (χ2v) is 6.05. The van der Waals surface area contributed by atoms with Crippen LogP contribution in [0.15, 0.2) is 48.5 Å². The minimum absolute atomic E-state index is 0.325. The van der Waals surface area contributed by atoms with Crippen molar-refractivity contribution in [3.8, 4) is 0 Å². The summed E-state index contributed by atoms with van der Waals surface area (Å²) >= 11 is 0. The third kappa shape index (κ3) is 5.41. The molecule has 1 N–H and O–H groups in total. The Morgan fingerprint density at radius 1 is 1.07 bits per heavy atom. The molecular formula is C21H23NO5. The SMILES string of the molecule is CCC(C(=O)OCC(=O)Nc1cc(C(=O)OC)ccc1C)c1ccccc1. The number of carbonyl (C=O) groups excluding carboxylic acids is 3. The lowest BCUT2D eigenvalue weighted by atomic mass is 9.97. The summed E-state index contributed by atoms with van der Waals surface area (Å²) in [6.07, 6.45) is 0.574. The zero-order valence-corrected chi connectivity index (χ0v) is 15.7. The number of hydrogen-bond donors (Lipinski definition) is 1. The molecule has 0 radical (unpaired) electrons. The number of carbonyl (C=O) groups is 3. The summed E-state index contributed by atoms with van der Waals surface area (Å²) in [5, 5.41) is 2.66. The summed E-state index contributed by atoms with van der Waals surface area (Å²) < 4.78 is 9.85. The molecule has 0 aliphatic heterocycles. The van der Waals surface area contributed by atoms with Gasteiger partial charge in [-0.1, -0.05) is 43.3 Å². The second-order valence-electron chi connectivity index (χ2n) is 6.05. The van der Waals surface area contributed by atoms with Gasteiger partial charge in [0.25, 0.3) is 5.91 Å². The van der Waals surface area contributed by atoms with Crippen LogP contribution in [0.1, 0.15) is 40.7 Å². The first-order chi connectivity index (χ1) is 13.0. The minimum Gasteiger partial charge on any atom is -0.465 e. The van der Waals surface area contributed by atoms with E-state index in [1.165, 1.54) is 13.2 Å². The van der Waals surface area contributed by atoms with Gasteiger partial charge in [-0.2, -0.15) is 0 Å². The van der Waals surface area contributed by atoms with Gasteiger partial charge in [-0.05, 0) is 36.6 Å². The number of nitrogens with one attached hydrogen (secondary N) is 1. The van der Waals surface area contributed by atoms with Crippen molar-refractivity contribution in [2.24, 2.45) is 0 Å². The highest BCUT2D eigenvalue weighted by molar-refractivity contribution is 5.96. The number of benzene rings is 2. The Hall–Kier alpha value is -3.15. The number of amides is 1. The normalized spacial score (nSPS) is 11.4. The van der Waals surface area contributed by atoms with Crippen LogP contribution in [0.2, 0.25) is 0 Å². The number of aryl methyl sites for hydroxylation is 1. The van der Waals surface area contributed by atoms with Crippen molar-refractivity contribution in [1.29, 1.82) is 0 Å². The van der Waals surface area contributed by atoms with Gasteiger partial charge in [0.15, 0.2) is 6.61 Å². The second kappa shape index (κ2) is 9.52. The number of esters is 2. The lowest BCUT2D eigenvalue weighted by Crippen LogP contribution is -2.24.